The van der Waals surface area contributed by atoms with E-state index in [-0.39, 0.29) is 24.5 Å². The molecule has 9 heteroatoms. The van der Waals surface area contributed by atoms with E-state index in [2.05, 4.69) is 6.58 Å². The Morgan fingerprint density at radius 1 is 0.667 bits per heavy atom. The number of benzene rings is 4. The van der Waals surface area contributed by atoms with Crippen LogP contribution in [0.15, 0.2) is 85.5 Å². The van der Waals surface area contributed by atoms with Crippen LogP contribution in [-0.2, 0) is 14.3 Å². The lowest BCUT2D eigenvalue weighted by Gasteiger charge is -2.09. The molecule has 0 unspecified atom stereocenters. The fourth-order valence-electron chi connectivity index (χ4n) is 3.72. The number of ether oxygens (including phenoxy) is 4. The van der Waals surface area contributed by atoms with Crippen molar-refractivity contribution in [2.24, 2.45) is 0 Å². The first-order valence-electron chi connectivity index (χ1n) is 12.0. The molecule has 0 fully saturated rings. The predicted molar refractivity (Wildman–Crippen MR) is 142 cm³/mol. The Kier molecular flexibility index (Phi) is 8.53. The maximum absolute atomic E-state index is 12.7. The zero-order valence-electron chi connectivity index (χ0n) is 20.8. The van der Waals surface area contributed by atoms with E-state index >= 15 is 0 Å². The minimum Gasteiger partial charge on any atom is -0.478 e. The highest BCUT2D eigenvalue weighted by Gasteiger charge is 2.12. The van der Waals surface area contributed by atoms with E-state index in [0.29, 0.717) is 29.5 Å². The smallest absolute Gasteiger partial charge is 0.478 e. The van der Waals surface area contributed by atoms with Crippen molar-refractivity contribution in [1.29, 1.82) is 0 Å². The van der Waals surface area contributed by atoms with Crippen molar-refractivity contribution in [3.63, 3.8) is 0 Å². The number of carboxylic acids is 1. The molecule has 0 aromatic heterocycles. The molecule has 1 N–H and O–H groups in total. The highest BCUT2D eigenvalue weighted by Crippen LogP contribution is 2.25. The number of esters is 2. The summed E-state index contributed by atoms with van der Waals surface area (Å²) in [5, 5.41) is 12.1. The number of carboxylic acid groups (broad SMARTS) is 1. The lowest BCUT2D eigenvalue weighted by Crippen LogP contribution is -2.12. The molecule has 4 aromatic rings. The molecule has 0 saturated carbocycles. The van der Waals surface area contributed by atoms with E-state index in [4.69, 9.17) is 24.1 Å². The Labute approximate surface area is 223 Å². The van der Waals surface area contributed by atoms with Gasteiger partial charge in [0.05, 0.1) is 24.3 Å². The van der Waals surface area contributed by atoms with Gasteiger partial charge in [-0.15, -0.1) is 0 Å². The lowest BCUT2D eigenvalue weighted by atomic mass is 10.1. The fraction of sp³-hybridized carbons (Fsp3) is 0.133. The van der Waals surface area contributed by atoms with Gasteiger partial charge in [-0.2, -0.15) is 0 Å². The van der Waals surface area contributed by atoms with Gasteiger partial charge in [0.25, 0.3) is 0 Å². The normalized spacial score (nSPS) is 10.6. The van der Waals surface area contributed by atoms with Crippen LogP contribution >= 0.6 is 0 Å². The Bertz CT molecular complexity index is 1570. The summed E-state index contributed by atoms with van der Waals surface area (Å²) in [6.07, 6.45) is 1.26. The molecule has 0 spiro atoms. The zero-order chi connectivity index (χ0) is 27.8. The van der Waals surface area contributed by atoms with E-state index in [9.17, 15) is 19.2 Å². The van der Waals surface area contributed by atoms with Crippen LogP contribution in [0, 0.1) is 0 Å². The third kappa shape index (κ3) is 7.20. The molecule has 0 atom stereocenters. The fourth-order valence-corrected chi connectivity index (χ4v) is 3.72. The number of hydrogen-bond donors (Lipinski definition) is 1. The molecule has 0 amide bonds. The topological polar surface area (TPSA) is 125 Å². The second-order valence-electron chi connectivity index (χ2n) is 8.42. The molecule has 0 aliphatic rings. The van der Waals surface area contributed by atoms with Gasteiger partial charge in [-0.1, -0.05) is 30.8 Å². The van der Waals surface area contributed by atoms with E-state index in [0.717, 1.165) is 22.2 Å². The number of carbonyl (C=O) groups is 4. The quantitative estimate of drug-likeness (QED) is 0.0875. The van der Waals surface area contributed by atoms with Gasteiger partial charge in [0.1, 0.15) is 11.5 Å². The summed E-state index contributed by atoms with van der Waals surface area (Å²) in [6, 6.07) is 19.6. The second-order valence-corrected chi connectivity index (χ2v) is 8.42. The van der Waals surface area contributed by atoms with Gasteiger partial charge >= 0.3 is 24.1 Å². The average molecular weight is 529 g/mol. The molecule has 0 heterocycles. The number of carbonyl (C=O) groups excluding carboxylic acids is 3. The van der Waals surface area contributed by atoms with Gasteiger partial charge in [0.2, 0.25) is 0 Å². The molecular weight excluding hydrogens is 504 g/mol. The minimum atomic E-state index is -1.01. The molecule has 0 radical (unpaired) electrons. The summed E-state index contributed by atoms with van der Waals surface area (Å²) < 4.78 is 20.6. The van der Waals surface area contributed by atoms with Crippen LogP contribution < -0.4 is 9.47 Å². The van der Waals surface area contributed by atoms with Gasteiger partial charge < -0.3 is 24.1 Å². The summed E-state index contributed by atoms with van der Waals surface area (Å²) in [4.78, 5) is 46.8. The van der Waals surface area contributed by atoms with Crippen molar-refractivity contribution in [3.8, 4) is 11.5 Å². The molecule has 0 aliphatic heterocycles. The van der Waals surface area contributed by atoms with E-state index in [1.807, 2.05) is 0 Å². The molecular formula is C30H24O9. The summed E-state index contributed by atoms with van der Waals surface area (Å²) in [6.45, 7) is 3.63. The molecule has 4 rings (SSSR count). The van der Waals surface area contributed by atoms with Crippen molar-refractivity contribution in [3.05, 3.63) is 96.6 Å². The van der Waals surface area contributed by atoms with Crippen LogP contribution in [0.1, 0.15) is 33.6 Å². The molecule has 0 bridgehead atoms. The number of aromatic carboxylic acids is 1. The molecule has 0 aliphatic carbocycles. The molecule has 9 nitrogen and oxygen atoms in total. The predicted octanol–water partition coefficient (Wildman–Crippen LogP) is 5.94. The zero-order valence-corrected chi connectivity index (χ0v) is 20.8. The van der Waals surface area contributed by atoms with Crippen LogP contribution in [0.25, 0.3) is 21.5 Å². The maximum atomic E-state index is 12.7. The third-order valence-corrected chi connectivity index (χ3v) is 5.69. The van der Waals surface area contributed by atoms with Gasteiger partial charge in [-0.05, 0) is 82.9 Å². The highest BCUT2D eigenvalue weighted by molar-refractivity contribution is 5.98. The minimum absolute atomic E-state index is 0.115. The van der Waals surface area contributed by atoms with Crippen molar-refractivity contribution in [1.82, 2.24) is 0 Å². The van der Waals surface area contributed by atoms with Crippen molar-refractivity contribution < 1.29 is 43.2 Å². The number of rotatable bonds is 10. The number of fused-ring (bicyclic) bond motifs is 2. The van der Waals surface area contributed by atoms with Crippen molar-refractivity contribution in [2.75, 3.05) is 13.2 Å². The highest BCUT2D eigenvalue weighted by atomic mass is 16.7. The monoisotopic (exact) mass is 528 g/mol. The van der Waals surface area contributed by atoms with E-state index in [1.165, 1.54) is 6.07 Å². The molecule has 198 valence electrons. The van der Waals surface area contributed by atoms with Gasteiger partial charge in [-0.25, -0.2) is 19.2 Å². The Hall–Kier alpha value is -5.18. The summed E-state index contributed by atoms with van der Waals surface area (Å²) >= 11 is 0. The molecule has 0 saturated heterocycles. The SMILES string of the molecule is C=CC(=O)OCCCCOC(=O)Oc1ccc2cc(C(=O)Oc3ccc4cc(C(=O)O)ccc4c3)ccc2c1. The second kappa shape index (κ2) is 12.4. The van der Waals surface area contributed by atoms with E-state index in [1.54, 1.807) is 66.7 Å². The third-order valence-electron chi connectivity index (χ3n) is 5.69. The summed E-state index contributed by atoms with van der Waals surface area (Å²) in [5.41, 5.74) is 0.505. The summed E-state index contributed by atoms with van der Waals surface area (Å²) in [5.74, 6) is -1.46. The van der Waals surface area contributed by atoms with E-state index < -0.39 is 24.1 Å². The van der Waals surface area contributed by atoms with Crippen molar-refractivity contribution >= 4 is 45.6 Å². The maximum Gasteiger partial charge on any atom is 0.513 e. The van der Waals surface area contributed by atoms with Crippen LogP contribution in [0.2, 0.25) is 0 Å². The Balaban J connectivity index is 1.33. The number of unbranched alkanes of at least 4 members (excludes halogenated alkanes) is 1. The van der Waals surface area contributed by atoms with Gasteiger partial charge in [0, 0.05) is 6.08 Å². The lowest BCUT2D eigenvalue weighted by molar-refractivity contribution is -0.137. The standard InChI is InChI=1S/C30H24O9/c1-2-27(31)36-13-3-4-14-37-30(35)39-26-12-10-20-16-24(8-6-22(20)18-26)29(34)38-25-11-9-19-15-23(28(32)33)7-5-21(19)17-25/h2,5-12,15-18H,1,3-4,13-14H2,(H,32,33). The molecule has 39 heavy (non-hydrogen) atoms. The molecule has 4 aromatic carbocycles. The first-order chi connectivity index (χ1) is 18.8. The van der Waals surface area contributed by atoms with Crippen molar-refractivity contribution in [2.45, 2.75) is 12.8 Å². The van der Waals surface area contributed by atoms with Gasteiger partial charge in [0.15, 0.2) is 0 Å². The Morgan fingerprint density at radius 2 is 1.18 bits per heavy atom. The van der Waals surface area contributed by atoms with Crippen LogP contribution in [-0.4, -0.2) is 42.4 Å². The largest absolute Gasteiger partial charge is 0.513 e. The average Bonchev–Trinajstić information content (AvgIpc) is 2.93. The first kappa shape index (κ1) is 26.9. The van der Waals surface area contributed by atoms with Crippen LogP contribution in [0.4, 0.5) is 4.79 Å². The Morgan fingerprint density at radius 3 is 1.79 bits per heavy atom. The van der Waals surface area contributed by atoms with Gasteiger partial charge in [-0.3, -0.25) is 0 Å². The first-order valence-corrected chi connectivity index (χ1v) is 12.0. The number of hydrogen-bond acceptors (Lipinski definition) is 8. The van der Waals surface area contributed by atoms with Crippen LogP contribution in [0.5, 0.6) is 11.5 Å². The summed E-state index contributed by atoms with van der Waals surface area (Å²) in [7, 11) is 0. The van der Waals surface area contributed by atoms with Crippen LogP contribution in [0.3, 0.4) is 0 Å².